The minimum atomic E-state index is 0.914. The van der Waals surface area contributed by atoms with Gasteiger partial charge in [-0.1, -0.05) is 11.6 Å². The molecule has 0 unspecified atom stereocenters. The van der Waals surface area contributed by atoms with Gasteiger partial charge in [-0.2, -0.15) is 0 Å². The Morgan fingerprint density at radius 1 is 1.38 bits per heavy atom. The number of hydrogen-bond acceptors (Lipinski definition) is 0. The lowest BCUT2D eigenvalue weighted by Crippen LogP contribution is -1.58. The van der Waals surface area contributed by atoms with E-state index in [1.807, 2.05) is 13.0 Å². The van der Waals surface area contributed by atoms with Crippen LogP contribution in [0.4, 0.5) is 0 Å². The van der Waals surface area contributed by atoms with Gasteiger partial charge in [-0.3, -0.25) is 0 Å². The monoisotopic (exact) mass is 124 g/mol. The standard InChI is InChI=1S/C7H5Cl/c1-4-6-2-5(6)3-7(4)8/h2-3H,1H3. The maximum Gasteiger partial charge on any atom is 0.0447 e. The molecule has 1 heteroatoms. The molecule has 40 valence electrons. The van der Waals surface area contributed by atoms with Gasteiger partial charge in [0.25, 0.3) is 0 Å². The number of rotatable bonds is 0. The van der Waals surface area contributed by atoms with Gasteiger partial charge in [0.05, 0.1) is 0 Å². The smallest absolute Gasteiger partial charge is 0.0447 e. The van der Waals surface area contributed by atoms with Crippen molar-refractivity contribution in [3.8, 4) is 11.1 Å². The van der Waals surface area contributed by atoms with E-state index in [0.717, 1.165) is 5.02 Å². The highest BCUT2D eigenvalue weighted by Gasteiger charge is 2.17. The topological polar surface area (TPSA) is 0 Å². The summed E-state index contributed by atoms with van der Waals surface area (Å²) in [6, 6.07) is 4.15. The highest BCUT2D eigenvalue weighted by Crippen LogP contribution is 2.42. The van der Waals surface area contributed by atoms with Crippen LogP contribution in [-0.2, 0) is 0 Å². The quantitative estimate of drug-likeness (QED) is 0.507. The van der Waals surface area contributed by atoms with E-state index in [2.05, 4.69) is 6.07 Å². The maximum atomic E-state index is 5.75. The normalized spacial score (nSPS) is 11.8. The first-order valence-corrected chi connectivity index (χ1v) is 2.97. The average molecular weight is 125 g/mol. The lowest BCUT2D eigenvalue weighted by molar-refractivity contribution is 1.57. The van der Waals surface area contributed by atoms with Crippen LogP contribution in [0.3, 0.4) is 0 Å². The second-order valence-electron chi connectivity index (χ2n) is 2.13. The Morgan fingerprint density at radius 2 is 2.12 bits per heavy atom. The van der Waals surface area contributed by atoms with Gasteiger partial charge in [-0.05, 0) is 35.7 Å². The van der Waals surface area contributed by atoms with Crippen LogP contribution < -0.4 is 0 Å². The Morgan fingerprint density at radius 3 is 2.38 bits per heavy atom. The largest absolute Gasteiger partial charge is 0.0840 e. The summed E-state index contributed by atoms with van der Waals surface area (Å²) in [5.74, 6) is 0. The molecule has 2 rings (SSSR count). The molecule has 8 heavy (non-hydrogen) atoms. The first-order chi connectivity index (χ1) is 3.79. The Hall–Kier alpha value is -0.490. The third-order valence-corrected chi connectivity index (χ3v) is 1.96. The SMILES string of the molecule is Cc1c(Cl)cc2cc1-2. The van der Waals surface area contributed by atoms with Crippen molar-refractivity contribution in [2.45, 2.75) is 6.92 Å². The molecule has 0 spiro atoms. The fourth-order valence-corrected chi connectivity index (χ4v) is 1.16. The molecule has 0 radical (unpaired) electrons. The lowest BCUT2D eigenvalue weighted by atomic mass is 10.3. The summed E-state index contributed by atoms with van der Waals surface area (Å²) < 4.78 is 0. The van der Waals surface area contributed by atoms with Gasteiger partial charge in [-0.15, -0.1) is 0 Å². The third-order valence-electron chi connectivity index (χ3n) is 1.57. The molecule has 0 aromatic carbocycles. The maximum absolute atomic E-state index is 5.75. The van der Waals surface area contributed by atoms with Crippen molar-refractivity contribution in [1.29, 1.82) is 0 Å². The second kappa shape index (κ2) is 1.08. The molecule has 0 nitrogen and oxygen atoms in total. The van der Waals surface area contributed by atoms with E-state index in [1.54, 1.807) is 0 Å². The molecule has 2 aliphatic carbocycles. The Labute approximate surface area is 53.1 Å². The number of benzene rings is 1. The van der Waals surface area contributed by atoms with Crippen LogP contribution in [0.1, 0.15) is 5.56 Å². The van der Waals surface area contributed by atoms with E-state index in [-0.39, 0.29) is 0 Å². The predicted octanol–water partition coefficient (Wildman–Crippen LogP) is 2.63. The number of hydrogen-bond donors (Lipinski definition) is 0. The van der Waals surface area contributed by atoms with Crippen LogP contribution in [0.5, 0.6) is 0 Å². The zero-order valence-electron chi connectivity index (χ0n) is 4.53. The van der Waals surface area contributed by atoms with E-state index < -0.39 is 0 Å². The molecular weight excluding hydrogens is 120 g/mol. The van der Waals surface area contributed by atoms with Gasteiger partial charge in [0.15, 0.2) is 0 Å². The summed E-state index contributed by atoms with van der Waals surface area (Å²) in [4.78, 5) is 0. The van der Waals surface area contributed by atoms with E-state index in [0.29, 0.717) is 0 Å². The third kappa shape index (κ3) is 0.366. The minimum Gasteiger partial charge on any atom is -0.0840 e. The van der Waals surface area contributed by atoms with Crippen molar-refractivity contribution in [2.24, 2.45) is 0 Å². The minimum absolute atomic E-state index is 0.914. The summed E-state index contributed by atoms with van der Waals surface area (Å²) in [6.45, 7) is 2.05. The van der Waals surface area contributed by atoms with Gasteiger partial charge < -0.3 is 0 Å². The molecule has 0 atom stereocenters. The van der Waals surface area contributed by atoms with Crippen LogP contribution in [0.25, 0.3) is 11.1 Å². The van der Waals surface area contributed by atoms with Crippen molar-refractivity contribution in [3.05, 3.63) is 22.7 Å². The number of halogens is 1. The zero-order chi connectivity index (χ0) is 5.72. The summed E-state index contributed by atoms with van der Waals surface area (Å²) >= 11 is 5.75. The van der Waals surface area contributed by atoms with E-state index in [9.17, 15) is 0 Å². The van der Waals surface area contributed by atoms with Crippen molar-refractivity contribution in [2.75, 3.05) is 0 Å². The molecule has 0 amide bonds. The van der Waals surface area contributed by atoms with Crippen LogP contribution >= 0.6 is 11.6 Å². The van der Waals surface area contributed by atoms with Crippen molar-refractivity contribution in [1.82, 2.24) is 0 Å². The molecule has 0 aromatic heterocycles. The fraction of sp³-hybridized carbons (Fsp3) is 0.143. The van der Waals surface area contributed by atoms with Gasteiger partial charge in [0.2, 0.25) is 0 Å². The zero-order valence-corrected chi connectivity index (χ0v) is 5.29. The van der Waals surface area contributed by atoms with E-state index >= 15 is 0 Å². The van der Waals surface area contributed by atoms with Crippen molar-refractivity contribution in [3.63, 3.8) is 0 Å². The summed E-state index contributed by atoms with van der Waals surface area (Å²) in [6.07, 6.45) is 0. The molecule has 0 aliphatic heterocycles. The predicted molar refractivity (Wildman–Crippen MR) is 35.2 cm³/mol. The van der Waals surface area contributed by atoms with Crippen molar-refractivity contribution < 1.29 is 0 Å². The highest BCUT2D eigenvalue weighted by atomic mass is 35.5. The van der Waals surface area contributed by atoms with E-state index in [1.165, 1.54) is 16.7 Å². The second-order valence-corrected chi connectivity index (χ2v) is 2.54. The van der Waals surface area contributed by atoms with Gasteiger partial charge in [-0.25, -0.2) is 0 Å². The summed E-state index contributed by atoms with van der Waals surface area (Å²) in [7, 11) is 0. The first-order valence-electron chi connectivity index (χ1n) is 2.59. The Bertz CT molecular complexity index is 251. The molecule has 0 aromatic rings. The Balaban J connectivity index is 2.74. The van der Waals surface area contributed by atoms with Crippen molar-refractivity contribution >= 4 is 11.6 Å². The lowest BCUT2D eigenvalue weighted by Gasteiger charge is -1.81. The van der Waals surface area contributed by atoms with Crippen LogP contribution in [-0.4, -0.2) is 0 Å². The first kappa shape index (κ1) is 4.39. The van der Waals surface area contributed by atoms with Gasteiger partial charge >= 0.3 is 0 Å². The molecule has 0 saturated heterocycles. The molecule has 2 aliphatic rings. The van der Waals surface area contributed by atoms with Gasteiger partial charge in [0.1, 0.15) is 0 Å². The molecule has 0 fully saturated rings. The molecule has 0 bridgehead atoms. The number of fused-ring (bicyclic) bond motifs is 1. The fourth-order valence-electron chi connectivity index (χ4n) is 0.937. The highest BCUT2D eigenvalue weighted by molar-refractivity contribution is 6.33. The molecular formula is C7H5Cl. The molecule has 0 heterocycles. The average Bonchev–Trinajstić information content (AvgIpc) is 2.39. The molecule has 0 N–H and O–H groups in total. The van der Waals surface area contributed by atoms with E-state index in [4.69, 9.17) is 11.6 Å². The summed E-state index contributed by atoms with van der Waals surface area (Å²) in [5, 5.41) is 0.914. The Kier molecular flexibility index (Phi) is 0.595. The van der Waals surface area contributed by atoms with Crippen LogP contribution in [0, 0.1) is 6.92 Å². The van der Waals surface area contributed by atoms with Crippen LogP contribution in [0.2, 0.25) is 5.02 Å². The summed E-state index contributed by atoms with van der Waals surface area (Å²) in [5.41, 5.74) is 3.92. The molecule has 0 saturated carbocycles. The van der Waals surface area contributed by atoms with Crippen LogP contribution in [0.15, 0.2) is 12.1 Å². The van der Waals surface area contributed by atoms with Gasteiger partial charge in [0, 0.05) is 5.02 Å².